The quantitative estimate of drug-likeness (QED) is 0.705. The normalized spacial score (nSPS) is 14.0. The van der Waals surface area contributed by atoms with Crippen molar-refractivity contribution in [3.05, 3.63) is 53.8 Å². The third-order valence-corrected chi connectivity index (χ3v) is 4.52. The number of hydrogen-bond donors (Lipinski definition) is 1. The molecule has 158 valence electrons. The molecule has 0 radical (unpaired) electrons. The van der Waals surface area contributed by atoms with Gasteiger partial charge in [-0.1, -0.05) is 6.07 Å². The minimum absolute atomic E-state index is 0.0801. The second-order valence-corrected chi connectivity index (χ2v) is 7.24. The van der Waals surface area contributed by atoms with Gasteiger partial charge in [-0.3, -0.25) is 19.3 Å². The molecule has 8 heteroatoms. The van der Waals surface area contributed by atoms with Crippen molar-refractivity contribution >= 4 is 23.3 Å². The van der Waals surface area contributed by atoms with Crippen LogP contribution >= 0.6 is 0 Å². The van der Waals surface area contributed by atoms with E-state index in [0.717, 1.165) is 0 Å². The zero-order valence-corrected chi connectivity index (χ0v) is 17.0. The Morgan fingerprint density at radius 1 is 1.20 bits per heavy atom. The zero-order valence-electron chi connectivity index (χ0n) is 17.0. The number of rotatable bonds is 7. The van der Waals surface area contributed by atoms with Crippen LogP contribution in [0.5, 0.6) is 11.5 Å². The summed E-state index contributed by atoms with van der Waals surface area (Å²) in [5.41, 5.74) is 0.624. The number of Topliss-reactive ketones (excluding diaryl/α,β-unsaturated/α-hetero) is 1. The van der Waals surface area contributed by atoms with E-state index in [2.05, 4.69) is 5.32 Å². The molecule has 0 bridgehead atoms. The molecular formula is C22H23FN2O5. The molecule has 0 saturated carbocycles. The Labute approximate surface area is 173 Å². The van der Waals surface area contributed by atoms with Crippen LogP contribution in [0.3, 0.4) is 0 Å². The predicted octanol–water partition coefficient (Wildman–Crippen LogP) is 2.73. The lowest BCUT2D eigenvalue weighted by molar-refractivity contribution is -0.127. The number of halogens is 1. The largest absolute Gasteiger partial charge is 0.485 e. The van der Waals surface area contributed by atoms with Crippen molar-refractivity contribution in [3.63, 3.8) is 0 Å². The van der Waals surface area contributed by atoms with Gasteiger partial charge in [-0.05, 0) is 51.1 Å². The maximum Gasteiger partial charge on any atom is 0.265 e. The topological polar surface area (TPSA) is 84.9 Å². The van der Waals surface area contributed by atoms with Gasteiger partial charge in [0.2, 0.25) is 5.91 Å². The number of fused-ring (bicyclic) bond motifs is 1. The van der Waals surface area contributed by atoms with Crippen molar-refractivity contribution in [1.82, 2.24) is 5.32 Å². The van der Waals surface area contributed by atoms with E-state index in [9.17, 15) is 18.8 Å². The van der Waals surface area contributed by atoms with Crippen molar-refractivity contribution in [3.8, 4) is 11.5 Å². The van der Waals surface area contributed by atoms with E-state index < -0.39 is 11.9 Å². The highest BCUT2D eigenvalue weighted by atomic mass is 19.1. The second kappa shape index (κ2) is 8.94. The molecule has 2 aromatic carbocycles. The summed E-state index contributed by atoms with van der Waals surface area (Å²) in [6, 6.07) is 9.28. The Balaban J connectivity index is 1.81. The van der Waals surface area contributed by atoms with Crippen molar-refractivity contribution in [2.45, 2.75) is 32.9 Å². The van der Waals surface area contributed by atoms with Gasteiger partial charge in [0.05, 0.1) is 5.69 Å². The molecule has 1 aliphatic rings. The molecule has 0 aromatic heterocycles. The summed E-state index contributed by atoms with van der Waals surface area (Å²) < 4.78 is 24.1. The molecule has 1 N–H and O–H groups in total. The highest BCUT2D eigenvalue weighted by Crippen LogP contribution is 2.34. The number of nitrogens with zero attached hydrogens (tertiary/aromatic N) is 1. The maximum atomic E-state index is 13.3. The molecule has 0 unspecified atom stereocenters. The molecule has 0 saturated heterocycles. The van der Waals surface area contributed by atoms with Crippen LogP contribution in [0.4, 0.5) is 10.1 Å². The molecule has 2 aromatic rings. The average molecular weight is 414 g/mol. The number of amides is 2. The summed E-state index contributed by atoms with van der Waals surface area (Å²) in [7, 11) is 0. The lowest BCUT2D eigenvalue weighted by Crippen LogP contribution is -2.52. The molecule has 1 heterocycles. The fourth-order valence-electron chi connectivity index (χ4n) is 3.08. The van der Waals surface area contributed by atoms with E-state index in [-0.39, 0.29) is 48.2 Å². The van der Waals surface area contributed by atoms with Gasteiger partial charge < -0.3 is 14.8 Å². The number of carbonyl (C=O) groups excluding carboxylic acids is 3. The first-order chi connectivity index (χ1) is 14.3. The second-order valence-electron chi connectivity index (χ2n) is 7.24. The van der Waals surface area contributed by atoms with Crippen LogP contribution in [0.25, 0.3) is 0 Å². The summed E-state index contributed by atoms with van der Waals surface area (Å²) in [5.74, 6) is -0.873. The Hall–Kier alpha value is -3.42. The molecule has 0 aliphatic carbocycles. The lowest BCUT2D eigenvalue weighted by atomic mass is 10.1. The molecule has 2 amide bonds. The molecule has 7 nitrogen and oxygen atoms in total. The number of carbonyl (C=O) groups is 3. The van der Waals surface area contributed by atoms with Crippen LogP contribution in [0.15, 0.2) is 42.5 Å². The van der Waals surface area contributed by atoms with E-state index in [4.69, 9.17) is 9.47 Å². The first-order valence-corrected chi connectivity index (χ1v) is 9.57. The van der Waals surface area contributed by atoms with Crippen molar-refractivity contribution in [2.24, 2.45) is 0 Å². The Morgan fingerprint density at radius 3 is 2.67 bits per heavy atom. The Kier molecular flexibility index (Phi) is 6.34. The molecule has 1 aliphatic heterocycles. The fourth-order valence-corrected chi connectivity index (χ4v) is 3.08. The summed E-state index contributed by atoms with van der Waals surface area (Å²) in [5, 5.41) is 2.78. The first-order valence-electron chi connectivity index (χ1n) is 9.57. The summed E-state index contributed by atoms with van der Waals surface area (Å²) in [6.07, 6.45) is 0. The number of anilines is 1. The van der Waals surface area contributed by atoms with Crippen LogP contribution in [-0.4, -0.2) is 42.9 Å². The summed E-state index contributed by atoms with van der Waals surface area (Å²) in [4.78, 5) is 38.9. The minimum atomic E-state index is -0.781. The Bertz CT molecular complexity index is 976. The number of nitrogens with one attached hydrogen (secondary N) is 1. The first kappa shape index (κ1) is 21.3. The number of ketones is 1. The van der Waals surface area contributed by atoms with Gasteiger partial charge >= 0.3 is 0 Å². The standard InChI is InChI=1S/C22H23FN2O5/c1-13(2)24-22(28)14(3)25-18-9-15(7-8-20(18)30-12-21(25)27)19(26)11-29-17-6-4-5-16(23)10-17/h4-10,13-14H,11-12H2,1-3H3,(H,24,28)/t14-/m0/s1. The maximum absolute atomic E-state index is 13.3. The fraction of sp³-hybridized carbons (Fsp3) is 0.318. The van der Waals surface area contributed by atoms with E-state index in [1.807, 2.05) is 13.8 Å². The molecule has 0 fully saturated rings. The van der Waals surface area contributed by atoms with Gasteiger partial charge in [0.25, 0.3) is 5.91 Å². The third-order valence-electron chi connectivity index (χ3n) is 4.52. The van der Waals surface area contributed by atoms with Crippen LogP contribution in [-0.2, 0) is 9.59 Å². The van der Waals surface area contributed by atoms with Gasteiger partial charge in [-0.15, -0.1) is 0 Å². The Morgan fingerprint density at radius 2 is 1.97 bits per heavy atom. The third kappa shape index (κ3) is 4.76. The van der Waals surface area contributed by atoms with Crippen LogP contribution in [0.1, 0.15) is 31.1 Å². The van der Waals surface area contributed by atoms with Crippen LogP contribution in [0, 0.1) is 5.82 Å². The lowest BCUT2D eigenvalue weighted by Gasteiger charge is -2.33. The summed E-state index contributed by atoms with van der Waals surface area (Å²) in [6.45, 7) is 4.78. The van der Waals surface area contributed by atoms with Gasteiger partial charge in [0, 0.05) is 17.7 Å². The van der Waals surface area contributed by atoms with E-state index in [0.29, 0.717) is 11.4 Å². The van der Waals surface area contributed by atoms with E-state index in [1.54, 1.807) is 25.1 Å². The molecule has 1 atom stereocenters. The van der Waals surface area contributed by atoms with E-state index in [1.165, 1.54) is 29.2 Å². The van der Waals surface area contributed by atoms with Gasteiger partial charge in [0.15, 0.2) is 19.0 Å². The highest BCUT2D eigenvalue weighted by Gasteiger charge is 2.33. The van der Waals surface area contributed by atoms with Gasteiger partial charge in [0.1, 0.15) is 23.4 Å². The van der Waals surface area contributed by atoms with Crippen molar-refractivity contribution in [2.75, 3.05) is 18.1 Å². The predicted molar refractivity (Wildman–Crippen MR) is 108 cm³/mol. The SMILES string of the molecule is CC(C)NC(=O)[C@H](C)N1C(=O)COc2ccc(C(=O)COc3cccc(F)c3)cc21. The van der Waals surface area contributed by atoms with Crippen molar-refractivity contribution < 1.29 is 28.2 Å². The molecular weight excluding hydrogens is 391 g/mol. The zero-order chi connectivity index (χ0) is 21.8. The number of ether oxygens (including phenoxy) is 2. The molecule has 3 rings (SSSR count). The molecule has 0 spiro atoms. The van der Waals surface area contributed by atoms with Gasteiger partial charge in [-0.2, -0.15) is 0 Å². The smallest absolute Gasteiger partial charge is 0.265 e. The molecule has 30 heavy (non-hydrogen) atoms. The number of hydrogen-bond acceptors (Lipinski definition) is 5. The van der Waals surface area contributed by atoms with Gasteiger partial charge in [-0.25, -0.2) is 4.39 Å². The monoisotopic (exact) mass is 414 g/mol. The summed E-state index contributed by atoms with van der Waals surface area (Å²) >= 11 is 0. The minimum Gasteiger partial charge on any atom is -0.485 e. The average Bonchev–Trinajstić information content (AvgIpc) is 2.70. The van der Waals surface area contributed by atoms with Crippen LogP contribution in [0.2, 0.25) is 0 Å². The highest BCUT2D eigenvalue weighted by molar-refractivity contribution is 6.05. The number of benzene rings is 2. The van der Waals surface area contributed by atoms with Crippen LogP contribution < -0.4 is 19.7 Å². The van der Waals surface area contributed by atoms with E-state index >= 15 is 0 Å². The van der Waals surface area contributed by atoms with Crippen molar-refractivity contribution in [1.29, 1.82) is 0 Å².